The van der Waals surface area contributed by atoms with Crippen LogP contribution in [0.1, 0.15) is 31.2 Å². The van der Waals surface area contributed by atoms with Crippen molar-refractivity contribution in [3.63, 3.8) is 0 Å². The van der Waals surface area contributed by atoms with E-state index in [0.29, 0.717) is 29.8 Å². The second-order valence-corrected chi connectivity index (χ2v) is 8.74. The van der Waals surface area contributed by atoms with Gasteiger partial charge in [0.05, 0.1) is 6.04 Å². The van der Waals surface area contributed by atoms with Crippen molar-refractivity contribution in [2.45, 2.75) is 32.7 Å². The smallest absolute Gasteiger partial charge is 0.421 e. The van der Waals surface area contributed by atoms with Gasteiger partial charge < -0.3 is 17.9 Å². The molecule has 1 aliphatic carbocycles. The number of carbonyl (C=O) groups excluding carboxylic acids is 1. The maximum atomic E-state index is 12.6. The maximum absolute atomic E-state index is 12.6. The Morgan fingerprint density at radius 1 is 1.35 bits per heavy atom. The molecule has 0 radical (unpaired) electrons. The fourth-order valence-electron chi connectivity index (χ4n) is 4.07. The molecule has 0 spiro atoms. The summed E-state index contributed by atoms with van der Waals surface area (Å²) in [5, 5.41) is 16.5. The van der Waals surface area contributed by atoms with Gasteiger partial charge in [0, 0.05) is 26.1 Å². The number of aryl methyl sites for hydroxylation is 1. The number of pyridine rings is 1. The van der Waals surface area contributed by atoms with Crippen LogP contribution in [0.15, 0.2) is 41.0 Å². The summed E-state index contributed by atoms with van der Waals surface area (Å²) in [5.41, 5.74) is 2.75. The van der Waals surface area contributed by atoms with E-state index in [2.05, 4.69) is 46.1 Å². The Hall–Kier alpha value is -1.84. The van der Waals surface area contributed by atoms with Crippen molar-refractivity contribution in [3.05, 3.63) is 48.0 Å². The summed E-state index contributed by atoms with van der Waals surface area (Å²) < 4.78 is 5.43. The van der Waals surface area contributed by atoms with E-state index in [1.54, 1.807) is 6.92 Å². The zero-order chi connectivity index (χ0) is 21.1. The van der Waals surface area contributed by atoms with Crippen LogP contribution in [0.5, 0.6) is 0 Å². The van der Waals surface area contributed by atoms with Crippen molar-refractivity contribution in [2.75, 3.05) is 12.7 Å². The summed E-state index contributed by atoms with van der Waals surface area (Å²) in [6.07, 6.45) is 10.6. The Balaban J connectivity index is 0.00000272. The van der Waals surface area contributed by atoms with Crippen LogP contribution in [0.25, 0.3) is 17.2 Å². The van der Waals surface area contributed by atoms with Crippen LogP contribution in [0.3, 0.4) is 0 Å². The molecule has 31 heavy (non-hydrogen) atoms. The topological polar surface area (TPSA) is 95.9 Å². The van der Waals surface area contributed by atoms with Gasteiger partial charge in [-0.15, -0.1) is 16.0 Å². The third-order valence-corrected chi connectivity index (χ3v) is 6.24. The number of rotatable bonds is 6. The summed E-state index contributed by atoms with van der Waals surface area (Å²) in [6, 6.07) is 3.95. The molecule has 1 fully saturated rings. The van der Waals surface area contributed by atoms with E-state index in [-0.39, 0.29) is 47.4 Å². The van der Waals surface area contributed by atoms with Crippen LogP contribution in [0, 0.1) is 29.8 Å². The number of nitrogens with zero attached hydrogens (tertiary/aromatic N) is 5. The van der Waals surface area contributed by atoms with Crippen LogP contribution in [0.4, 0.5) is 0 Å². The molecule has 2 aromatic rings. The largest absolute Gasteiger partial charge is 1.00 e. The maximum Gasteiger partial charge on any atom is 1.00 e. The molecule has 1 saturated heterocycles. The van der Waals surface area contributed by atoms with Gasteiger partial charge in [0.25, 0.3) is 5.89 Å². The number of likely N-dealkylation sites (tertiary alicyclic amines) is 1. The second-order valence-electron chi connectivity index (χ2n) is 7.78. The van der Waals surface area contributed by atoms with Crippen molar-refractivity contribution >= 4 is 20.1 Å². The van der Waals surface area contributed by atoms with Gasteiger partial charge in [-0.3, -0.25) is 9.78 Å². The summed E-state index contributed by atoms with van der Waals surface area (Å²) in [5.74, 6) is 3.86. The van der Waals surface area contributed by atoms with Gasteiger partial charge in [-0.05, 0) is 29.0 Å². The molecule has 3 unspecified atom stereocenters. The molecule has 3 heterocycles. The molecule has 1 amide bonds. The Labute approximate surface area is 206 Å². The average Bonchev–Trinajstić information content (AvgIpc) is 3.34. The van der Waals surface area contributed by atoms with Crippen LogP contribution < -0.4 is 29.6 Å². The van der Waals surface area contributed by atoms with Gasteiger partial charge in [0.2, 0.25) is 11.8 Å². The fourth-order valence-corrected chi connectivity index (χ4v) is 4.67. The SMILES string of the molecule is Cc1nnc(-c2ccc(C3=CC(C)C(N4CC(CC[P-]C#N)CC4=O)C=C3)cn2)o1.[Na+]. The summed E-state index contributed by atoms with van der Waals surface area (Å²) in [6.45, 7) is 4.67. The molecule has 0 bridgehead atoms. The van der Waals surface area contributed by atoms with E-state index >= 15 is 0 Å². The van der Waals surface area contributed by atoms with Crippen LogP contribution in [0.2, 0.25) is 0 Å². The minimum atomic E-state index is 0. The molecule has 3 atom stereocenters. The Morgan fingerprint density at radius 3 is 2.84 bits per heavy atom. The molecule has 0 saturated carbocycles. The first kappa shape index (κ1) is 23.8. The normalized spacial score (nSPS) is 23.1. The van der Waals surface area contributed by atoms with E-state index < -0.39 is 0 Å². The van der Waals surface area contributed by atoms with Crippen molar-refractivity contribution in [1.29, 1.82) is 5.26 Å². The van der Waals surface area contributed by atoms with Crippen molar-refractivity contribution < 1.29 is 38.8 Å². The van der Waals surface area contributed by atoms with E-state index in [9.17, 15) is 4.79 Å². The minimum Gasteiger partial charge on any atom is -0.421 e. The van der Waals surface area contributed by atoms with Crippen molar-refractivity contribution in [2.24, 2.45) is 11.8 Å². The molecule has 2 aliphatic rings. The molecular formula is C22H23N5NaO2P. The van der Waals surface area contributed by atoms with Gasteiger partial charge in [-0.25, -0.2) is 5.26 Å². The fraction of sp³-hybridized carbons (Fsp3) is 0.409. The molecule has 1 aliphatic heterocycles. The zero-order valence-corrected chi connectivity index (χ0v) is 20.9. The van der Waals surface area contributed by atoms with Crippen molar-refractivity contribution in [3.8, 4) is 17.4 Å². The van der Waals surface area contributed by atoms with E-state index in [0.717, 1.165) is 38.8 Å². The molecule has 154 valence electrons. The molecule has 4 rings (SSSR count). The first-order chi connectivity index (χ1) is 14.5. The Kier molecular flexibility index (Phi) is 8.18. The molecule has 2 aromatic heterocycles. The van der Waals surface area contributed by atoms with Crippen LogP contribution >= 0.6 is 8.58 Å². The van der Waals surface area contributed by atoms with Gasteiger partial charge in [-0.2, -0.15) is 6.16 Å². The zero-order valence-electron chi connectivity index (χ0n) is 18.0. The third kappa shape index (κ3) is 5.51. The summed E-state index contributed by atoms with van der Waals surface area (Å²) in [4.78, 5) is 19.0. The predicted octanol–water partition coefficient (Wildman–Crippen LogP) is 1.07. The number of amides is 1. The third-order valence-electron chi connectivity index (χ3n) is 5.61. The number of nitriles is 1. The monoisotopic (exact) mass is 443 g/mol. The number of hydrogen-bond acceptors (Lipinski definition) is 6. The quantitative estimate of drug-likeness (QED) is 0.377. The van der Waals surface area contributed by atoms with E-state index in [4.69, 9.17) is 9.68 Å². The second kappa shape index (κ2) is 10.7. The Bertz CT molecular complexity index is 1030. The number of carbonyl (C=O) groups is 1. The van der Waals surface area contributed by atoms with Crippen molar-refractivity contribution in [1.82, 2.24) is 20.1 Å². The summed E-state index contributed by atoms with van der Waals surface area (Å²) >= 11 is 0. The van der Waals surface area contributed by atoms with Gasteiger partial charge >= 0.3 is 29.6 Å². The number of hydrogen-bond donors (Lipinski definition) is 0. The van der Waals surface area contributed by atoms with Gasteiger partial charge in [0.15, 0.2) is 0 Å². The molecule has 0 N–H and O–H groups in total. The molecule has 7 nitrogen and oxygen atoms in total. The minimum absolute atomic E-state index is 0. The van der Waals surface area contributed by atoms with Crippen LogP contribution in [-0.4, -0.2) is 44.7 Å². The number of allylic oxidation sites excluding steroid dienone is 2. The molecule has 0 aromatic carbocycles. The average molecular weight is 443 g/mol. The molecule has 9 heteroatoms. The summed E-state index contributed by atoms with van der Waals surface area (Å²) in [7, 11) is 0.798. The van der Waals surface area contributed by atoms with E-state index in [1.807, 2.05) is 23.2 Å². The van der Waals surface area contributed by atoms with Gasteiger partial charge in [-0.1, -0.05) is 37.6 Å². The first-order valence-electron chi connectivity index (χ1n) is 10.1. The van der Waals surface area contributed by atoms with Gasteiger partial charge in [0.1, 0.15) is 5.69 Å². The van der Waals surface area contributed by atoms with Crippen LogP contribution in [-0.2, 0) is 4.79 Å². The molecular weight excluding hydrogens is 420 g/mol. The first-order valence-corrected chi connectivity index (χ1v) is 11.1. The standard InChI is InChI=1S/C22H23N5O2P.Na/c1-14-9-17(18-3-5-19(24-11-18)22-26-25-15(2)29-22)4-6-20(14)27-12-16(10-21(27)28)7-8-30-13-23;/h3-6,9,11,14,16,20H,7-8,10,12H2,1-2H3;/q-1;+1. The predicted molar refractivity (Wildman–Crippen MR) is 114 cm³/mol. The Morgan fingerprint density at radius 2 is 2.19 bits per heavy atom. The number of aromatic nitrogens is 3. The van der Waals surface area contributed by atoms with E-state index in [1.165, 1.54) is 0 Å².